The number of fused-ring (bicyclic) bond motifs is 1. The predicted octanol–water partition coefficient (Wildman–Crippen LogP) is 3.74. The third-order valence-corrected chi connectivity index (χ3v) is 4.52. The van der Waals surface area contributed by atoms with Crippen molar-refractivity contribution in [1.29, 1.82) is 0 Å². The molecule has 0 saturated carbocycles. The van der Waals surface area contributed by atoms with Gasteiger partial charge in [0.1, 0.15) is 0 Å². The van der Waals surface area contributed by atoms with Crippen molar-refractivity contribution < 1.29 is 19.1 Å². The molecule has 0 bridgehead atoms. The highest BCUT2D eigenvalue weighted by Crippen LogP contribution is 2.37. The number of carbonyl (C=O) groups is 2. The van der Waals surface area contributed by atoms with E-state index in [2.05, 4.69) is 5.32 Å². The number of anilines is 1. The Morgan fingerprint density at radius 3 is 2.54 bits per heavy atom. The van der Waals surface area contributed by atoms with Crippen LogP contribution in [-0.2, 0) is 4.79 Å². The quantitative estimate of drug-likeness (QED) is 0.639. The molecule has 0 spiro atoms. The van der Waals surface area contributed by atoms with E-state index in [0.29, 0.717) is 34.9 Å². The Kier molecular flexibility index (Phi) is 5.05. The van der Waals surface area contributed by atoms with Crippen molar-refractivity contribution in [2.24, 2.45) is 0 Å². The van der Waals surface area contributed by atoms with Crippen molar-refractivity contribution in [1.82, 2.24) is 0 Å². The van der Waals surface area contributed by atoms with Gasteiger partial charge in [-0.2, -0.15) is 0 Å². The molecular weight excluding hydrogens is 326 g/mol. The summed E-state index contributed by atoms with van der Waals surface area (Å²) in [6.45, 7) is 1.58. The Morgan fingerprint density at radius 2 is 1.83 bits per heavy atom. The number of benzene rings is 2. The average Bonchev–Trinajstić information content (AvgIpc) is 3.02. The molecule has 0 aromatic heterocycles. The van der Waals surface area contributed by atoms with Gasteiger partial charge in [0, 0.05) is 28.7 Å². The third-order valence-electron chi connectivity index (χ3n) is 3.51. The van der Waals surface area contributed by atoms with Crippen molar-refractivity contribution in [2.75, 3.05) is 17.9 Å². The predicted molar refractivity (Wildman–Crippen MR) is 93.0 cm³/mol. The second-order valence-electron chi connectivity index (χ2n) is 5.27. The summed E-state index contributed by atoms with van der Waals surface area (Å²) in [4.78, 5) is 25.1. The monoisotopic (exact) mass is 343 g/mol. The number of ether oxygens (including phenoxy) is 2. The van der Waals surface area contributed by atoms with Gasteiger partial charge in [0.25, 0.3) is 0 Å². The molecule has 24 heavy (non-hydrogen) atoms. The van der Waals surface area contributed by atoms with E-state index in [-0.39, 0.29) is 18.5 Å². The minimum atomic E-state index is -0.139. The number of nitrogens with one attached hydrogen (secondary N) is 1. The number of Topliss-reactive ketones (excluding diaryl/α,β-unsaturated/α-hetero) is 1. The number of thioether (sulfide) groups is 1. The van der Waals surface area contributed by atoms with Crippen LogP contribution < -0.4 is 14.8 Å². The van der Waals surface area contributed by atoms with Crippen molar-refractivity contribution in [2.45, 2.75) is 18.2 Å². The smallest absolute Gasteiger partial charge is 0.231 e. The molecule has 124 valence electrons. The van der Waals surface area contributed by atoms with E-state index in [1.807, 2.05) is 30.3 Å². The molecule has 0 aliphatic carbocycles. The van der Waals surface area contributed by atoms with Gasteiger partial charge in [-0.05, 0) is 25.1 Å². The zero-order valence-electron chi connectivity index (χ0n) is 13.2. The first-order valence-corrected chi connectivity index (χ1v) is 8.54. The van der Waals surface area contributed by atoms with E-state index in [4.69, 9.17) is 9.47 Å². The normalized spacial score (nSPS) is 12.0. The molecule has 0 atom stereocenters. The van der Waals surface area contributed by atoms with Crippen LogP contribution >= 0.6 is 11.8 Å². The fourth-order valence-electron chi connectivity index (χ4n) is 2.33. The van der Waals surface area contributed by atoms with E-state index in [0.717, 1.165) is 4.90 Å². The number of hydrogen-bond donors (Lipinski definition) is 1. The summed E-state index contributed by atoms with van der Waals surface area (Å²) >= 11 is 1.62. The summed E-state index contributed by atoms with van der Waals surface area (Å²) in [5, 5.41) is 2.80. The SMILES string of the molecule is CC(=O)c1cc2c(cc1NC(=O)CCSc1ccccc1)OCO2. The third kappa shape index (κ3) is 3.89. The van der Waals surface area contributed by atoms with Crippen LogP contribution in [0.15, 0.2) is 47.4 Å². The van der Waals surface area contributed by atoms with E-state index in [1.54, 1.807) is 23.9 Å². The fourth-order valence-corrected chi connectivity index (χ4v) is 3.20. The Hall–Kier alpha value is -2.47. The van der Waals surface area contributed by atoms with Crippen LogP contribution in [0.1, 0.15) is 23.7 Å². The summed E-state index contributed by atoms with van der Waals surface area (Å²) in [6.07, 6.45) is 0.353. The van der Waals surface area contributed by atoms with Gasteiger partial charge < -0.3 is 14.8 Å². The minimum Gasteiger partial charge on any atom is -0.454 e. The number of rotatable bonds is 6. The van der Waals surface area contributed by atoms with Gasteiger partial charge in [-0.15, -0.1) is 11.8 Å². The second-order valence-corrected chi connectivity index (χ2v) is 6.44. The van der Waals surface area contributed by atoms with E-state index in [9.17, 15) is 9.59 Å². The maximum absolute atomic E-state index is 12.2. The molecule has 2 aromatic rings. The van der Waals surface area contributed by atoms with Crippen LogP contribution in [0.25, 0.3) is 0 Å². The first kappa shape index (κ1) is 16.4. The van der Waals surface area contributed by atoms with E-state index in [1.165, 1.54) is 6.92 Å². The molecule has 0 unspecified atom stereocenters. The van der Waals surface area contributed by atoms with E-state index < -0.39 is 0 Å². The highest BCUT2D eigenvalue weighted by Gasteiger charge is 2.20. The molecule has 1 heterocycles. The standard InChI is InChI=1S/C18H17NO4S/c1-12(20)14-9-16-17(23-11-22-16)10-15(14)19-18(21)7-8-24-13-5-3-2-4-6-13/h2-6,9-10H,7-8,11H2,1H3,(H,19,21). The zero-order valence-corrected chi connectivity index (χ0v) is 14.0. The van der Waals surface area contributed by atoms with E-state index >= 15 is 0 Å². The first-order valence-electron chi connectivity index (χ1n) is 7.56. The lowest BCUT2D eigenvalue weighted by atomic mass is 10.1. The molecule has 6 heteroatoms. The number of ketones is 1. The van der Waals surface area contributed by atoms with Gasteiger partial charge in [-0.1, -0.05) is 18.2 Å². The molecule has 0 radical (unpaired) electrons. The number of amides is 1. The number of carbonyl (C=O) groups excluding carboxylic acids is 2. The van der Waals surface area contributed by atoms with Crippen LogP contribution in [0.5, 0.6) is 11.5 Å². The molecule has 1 aliphatic heterocycles. The number of hydrogen-bond acceptors (Lipinski definition) is 5. The lowest BCUT2D eigenvalue weighted by molar-refractivity contribution is -0.115. The molecule has 0 saturated heterocycles. The second kappa shape index (κ2) is 7.40. The van der Waals surface area contributed by atoms with Gasteiger partial charge in [0.05, 0.1) is 5.69 Å². The topological polar surface area (TPSA) is 64.6 Å². The summed E-state index contributed by atoms with van der Waals surface area (Å²) < 4.78 is 10.6. The minimum absolute atomic E-state index is 0.123. The van der Waals surface area contributed by atoms with Gasteiger partial charge >= 0.3 is 0 Å². The van der Waals surface area contributed by atoms with Crippen molar-refractivity contribution in [3.8, 4) is 11.5 Å². The van der Waals surface area contributed by atoms with Gasteiger partial charge in [0.15, 0.2) is 17.3 Å². The van der Waals surface area contributed by atoms with Crippen molar-refractivity contribution in [3.63, 3.8) is 0 Å². The van der Waals surface area contributed by atoms with Gasteiger partial charge in [-0.25, -0.2) is 0 Å². The molecule has 1 aliphatic rings. The summed E-state index contributed by atoms with van der Waals surface area (Å²) in [5.74, 6) is 1.45. The zero-order chi connectivity index (χ0) is 16.9. The Balaban J connectivity index is 1.62. The molecule has 5 nitrogen and oxygen atoms in total. The average molecular weight is 343 g/mol. The summed E-state index contributed by atoms with van der Waals surface area (Å²) in [6, 6.07) is 13.2. The Morgan fingerprint density at radius 1 is 1.12 bits per heavy atom. The molecule has 1 N–H and O–H groups in total. The van der Waals surface area contributed by atoms with Gasteiger partial charge in [-0.3, -0.25) is 9.59 Å². The lowest BCUT2D eigenvalue weighted by Gasteiger charge is -2.10. The van der Waals surface area contributed by atoms with Crippen molar-refractivity contribution in [3.05, 3.63) is 48.0 Å². The molecule has 0 fully saturated rings. The van der Waals surface area contributed by atoms with Crippen LogP contribution in [0.3, 0.4) is 0 Å². The Bertz CT molecular complexity index is 761. The van der Waals surface area contributed by atoms with Crippen LogP contribution in [0.2, 0.25) is 0 Å². The fraction of sp³-hybridized carbons (Fsp3) is 0.222. The largest absolute Gasteiger partial charge is 0.454 e. The molecular formula is C18H17NO4S. The lowest BCUT2D eigenvalue weighted by Crippen LogP contribution is -2.14. The molecule has 3 rings (SSSR count). The highest BCUT2D eigenvalue weighted by atomic mass is 32.2. The van der Waals surface area contributed by atoms with Crippen molar-refractivity contribution >= 4 is 29.1 Å². The van der Waals surface area contributed by atoms with Crippen LogP contribution in [0, 0.1) is 0 Å². The summed E-state index contributed by atoms with van der Waals surface area (Å²) in [5.41, 5.74) is 0.879. The molecule has 1 amide bonds. The van der Waals surface area contributed by atoms with Crippen LogP contribution in [-0.4, -0.2) is 24.2 Å². The van der Waals surface area contributed by atoms with Crippen LogP contribution in [0.4, 0.5) is 5.69 Å². The van der Waals surface area contributed by atoms with Gasteiger partial charge in [0.2, 0.25) is 12.7 Å². The maximum atomic E-state index is 12.2. The molecule has 2 aromatic carbocycles. The first-order chi connectivity index (χ1) is 11.6. The maximum Gasteiger partial charge on any atom is 0.231 e. The Labute approximate surface area is 144 Å². The highest BCUT2D eigenvalue weighted by molar-refractivity contribution is 7.99. The summed E-state index contributed by atoms with van der Waals surface area (Å²) in [7, 11) is 0.